The van der Waals surface area contributed by atoms with Crippen LogP contribution in [0.25, 0.3) is 11.3 Å². The predicted octanol–water partition coefficient (Wildman–Crippen LogP) is 4.05. The maximum atomic E-state index is 13.8. The maximum absolute atomic E-state index is 13.8. The van der Waals surface area contributed by atoms with Crippen molar-refractivity contribution in [2.45, 2.75) is 0 Å². The molecular formula is C14H7Cl2FN2O3S. The van der Waals surface area contributed by atoms with Crippen LogP contribution in [-0.2, 0) is 4.79 Å². The Kier molecular flexibility index (Phi) is 3.79. The largest absolute Gasteiger partial charge is 0.506 e. The second kappa shape index (κ2) is 5.52. The Morgan fingerprint density at radius 2 is 2.00 bits per heavy atom. The molecule has 0 atom stereocenters. The van der Waals surface area contributed by atoms with Crippen LogP contribution in [0.15, 0.2) is 23.6 Å². The van der Waals surface area contributed by atoms with Gasteiger partial charge < -0.3 is 10.8 Å². The number of imide groups is 1. The third kappa shape index (κ3) is 2.46. The van der Waals surface area contributed by atoms with Crippen LogP contribution in [0.5, 0.6) is 0 Å². The van der Waals surface area contributed by atoms with E-state index in [0.29, 0.717) is 14.8 Å². The number of carbonyl (C=O) groups is 2. The van der Waals surface area contributed by atoms with Crippen molar-refractivity contribution in [2.75, 3.05) is 4.90 Å². The van der Waals surface area contributed by atoms with E-state index in [4.69, 9.17) is 28.9 Å². The van der Waals surface area contributed by atoms with Crippen molar-refractivity contribution >= 4 is 63.5 Å². The molecule has 0 radical (unpaired) electrons. The molecular weight excluding hydrogens is 366 g/mol. The number of thiophene rings is 1. The molecule has 9 heteroatoms. The van der Waals surface area contributed by atoms with Gasteiger partial charge in [-0.3, -0.25) is 4.79 Å². The van der Waals surface area contributed by atoms with Gasteiger partial charge in [-0.1, -0.05) is 23.2 Å². The summed E-state index contributed by atoms with van der Waals surface area (Å²) >= 11 is 12.6. The average molecular weight is 373 g/mol. The fourth-order valence-electron chi connectivity index (χ4n) is 2.27. The van der Waals surface area contributed by atoms with Crippen LogP contribution in [-0.4, -0.2) is 17.0 Å². The van der Waals surface area contributed by atoms with Crippen LogP contribution in [0, 0.1) is 5.82 Å². The molecule has 2 aromatic rings. The molecule has 0 spiro atoms. The van der Waals surface area contributed by atoms with Crippen LogP contribution in [0.4, 0.5) is 14.9 Å². The van der Waals surface area contributed by atoms with Gasteiger partial charge >= 0.3 is 6.03 Å². The van der Waals surface area contributed by atoms with Gasteiger partial charge in [0, 0.05) is 10.9 Å². The summed E-state index contributed by atoms with van der Waals surface area (Å²) in [5.74, 6) is -2.08. The number of fused-ring (bicyclic) bond motifs is 1. The number of aliphatic hydroxyl groups excluding tert-OH is 1. The lowest BCUT2D eigenvalue weighted by molar-refractivity contribution is -0.112. The molecule has 1 aliphatic heterocycles. The molecule has 0 saturated carbocycles. The number of carbonyl (C=O) groups excluding carboxylic acids is 2. The fourth-order valence-corrected chi connectivity index (χ4v) is 3.45. The molecule has 2 heterocycles. The van der Waals surface area contributed by atoms with Gasteiger partial charge in [-0.05, 0) is 18.2 Å². The molecule has 3 amide bonds. The van der Waals surface area contributed by atoms with Crippen molar-refractivity contribution in [1.29, 1.82) is 0 Å². The van der Waals surface area contributed by atoms with E-state index in [1.54, 1.807) is 5.38 Å². The van der Waals surface area contributed by atoms with Crippen LogP contribution >= 0.6 is 34.5 Å². The summed E-state index contributed by atoms with van der Waals surface area (Å²) in [6.45, 7) is 0. The minimum Gasteiger partial charge on any atom is -0.506 e. The summed E-state index contributed by atoms with van der Waals surface area (Å²) in [6, 6.07) is 2.46. The van der Waals surface area contributed by atoms with Gasteiger partial charge in [-0.15, -0.1) is 11.3 Å². The highest BCUT2D eigenvalue weighted by atomic mass is 35.5. The van der Waals surface area contributed by atoms with Gasteiger partial charge in [0.15, 0.2) is 0 Å². The number of amides is 3. The average Bonchev–Trinajstić information content (AvgIpc) is 3.00. The zero-order valence-corrected chi connectivity index (χ0v) is 13.5. The Labute approximate surface area is 143 Å². The molecule has 0 saturated heterocycles. The Hall–Kier alpha value is -2.09. The first-order valence-electron chi connectivity index (χ1n) is 6.12. The summed E-state index contributed by atoms with van der Waals surface area (Å²) < 4.78 is 13.8. The van der Waals surface area contributed by atoms with Crippen molar-refractivity contribution < 1.29 is 19.1 Å². The fraction of sp³-hybridized carbons (Fsp3) is 0. The Bertz CT molecular complexity index is 894. The van der Waals surface area contributed by atoms with Crippen LogP contribution in [0.3, 0.4) is 0 Å². The first-order chi connectivity index (χ1) is 10.8. The number of nitrogens with two attached hydrogens (primary N) is 1. The second-order valence-corrected chi connectivity index (χ2v) is 6.37. The summed E-state index contributed by atoms with van der Waals surface area (Å²) in [5, 5.41) is 12.0. The van der Waals surface area contributed by atoms with Crippen LogP contribution < -0.4 is 10.6 Å². The molecule has 0 fully saturated rings. The minimum atomic E-state index is -1.06. The summed E-state index contributed by atoms with van der Waals surface area (Å²) in [6.07, 6.45) is 0. The van der Waals surface area contributed by atoms with Crippen molar-refractivity contribution in [2.24, 2.45) is 5.73 Å². The highest BCUT2D eigenvalue weighted by Crippen LogP contribution is 2.43. The highest BCUT2D eigenvalue weighted by Gasteiger charge is 2.39. The SMILES string of the molecule is NC(=O)N1C(=O)C(=C(O)c2cc(Cl)cs2)c2cc(F)c(Cl)cc21. The maximum Gasteiger partial charge on any atom is 0.326 e. The van der Waals surface area contributed by atoms with Gasteiger partial charge in [0.2, 0.25) is 0 Å². The van der Waals surface area contributed by atoms with Gasteiger partial charge in [-0.2, -0.15) is 0 Å². The van der Waals surface area contributed by atoms with Crippen molar-refractivity contribution in [1.82, 2.24) is 0 Å². The molecule has 118 valence electrons. The molecule has 5 nitrogen and oxygen atoms in total. The zero-order valence-electron chi connectivity index (χ0n) is 11.1. The number of aliphatic hydroxyl groups is 1. The van der Waals surface area contributed by atoms with Crippen molar-refractivity contribution in [3.8, 4) is 0 Å². The quantitative estimate of drug-likeness (QED) is 0.585. The second-order valence-electron chi connectivity index (χ2n) is 4.62. The lowest BCUT2D eigenvalue weighted by Crippen LogP contribution is -2.38. The number of urea groups is 1. The third-order valence-corrected chi connectivity index (χ3v) is 4.80. The van der Waals surface area contributed by atoms with Crippen LogP contribution in [0.1, 0.15) is 10.4 Å². The van der Waals surface area contributed by atoms with Gasteiger partial charge in [0.1, 0.15) is 11.6 Å². The topological polar surface area (TPSA) is 83.6 Å². The number of nitrogens with zero attached hydrogens (tertiary/aromatic N) is 1. The number of hydrogen-bond donors (Lipinski definition) is 2. The summed E-state index contributed by atoms with van der Waals surface area (Å²) in [5.41, 5.74) is 5.00. The third-order valence-electron chi connectivity index (χ3n) is 3.22. The van der Waals surface area contributed by atoms with Crippen molar-refractivity contribution in [3.63, 3.8) is 0 Å². The first-order valence-corrected chi connectivity index (χ1v) is 7.75. The molecule has 0 aliphatic carbocycles. The zero-order chi connectivity index (χ0) is 16.9. The molecule has 1 aromatic carbocycles. The van der Waals surface area contributed by atoms with E-state index in [9.17, 15) is 19.1 Å². The van der Waals surface area contributed by atoms with Crippen LogP contribution in [0.2, 0.25) is 10.0 Å². The lowest BCUT2D eigenvalue weighted by atomic mass is 10.1. The van der Waals surface area contributed by atoms with E-state index in [1.807, 2.05) is 0 Å². The predicted molar refractivity (Wildman–Crippen MR) is 87.3 cm³/mol. The molecule has 3 N–H and O–H groups in total. The smallest absolute Gasteiger partial charge is 0.326 e. The molecule has 0 unspecified atom stereocenters. The monoisotopic (exact) mass is 372 g/mol. The lowest BCUT2D eigenvalue weighted by Gasteiger charge is -2.11. The Morgan fingerprint density at radius 3 is 2.57 bits per heavy atom. The molecule has 1 aliphatic rings. The summed E-state index contributed by atoms with van der Waals surface area (Å²) in [7, 11) is 0. The summed E-state index contributed by atoms with van der Waals surface area (Å²) in [4.78, 5) is 24.9. The van der Waals surface area contributed by atoms with E-state index in [-0.39, 0.29) is 21.8 Å². The Balaban J connectivity index is 2.30. The number of primary amides is 1. The van der Waals surface area contributed by atoms with E-state index < -0.39 is 23.5 Å². The number of hydrogen-bond acceptors (Lipinski definition) is 4. The number of benzene rings is 1. The molecule has 1 aromatic heterocycles. The van der Waals surface area contributed by atoms with Gasteiger partial charge in [0.05, 0.1) is 26.2 Å². The minimum absolute atomic E-state index is 0.0121. The van der Waals surface area contributed by atoms with Gasteiger partial charge in [0.25, 0.3) is 5.91 Å². The van der Waals surface area contributed by atoms with E-state index in [2.05, 4.69) is 0 Å². The molecule has 3 rings (SSSR count). The normalized spacial score (nSPS) is 15.8. The number of anilines is 1. The standard InChI is InChI=1S/C14H7Cl2FN2O3S/c15-5-1-10(23-4-5)12(20)11-6-2-8(17)7(16)3-9(6)19(13(11)21)14(18)22/h1-4,20H,(H2,18,22). The number of halogens is 3. The highest BCUT2D eigenvalue weighted by molar-refractivity contribution is 7.11. The number of rotatable bonds is 1. The van der Waals surface area contributed by atoms with Gasteiger partial charge in [-0.25, -0.2) is 14.1 Å². The van der Waals surface area contributed by atoms with E-state index in [1.165, 1.54) is 6.07 Å². The Morgan fingerprint density at radius 1 is 1.30 bits per heavy atom. The van der Waals surface area contributed by atoms with E-state index >= 15 is 0 Å². The first kappa shape index (κ1) is 15.8. The van der Waals surface area contributed by atoms with Crippen molar-refractivity contribution in [3.05, 3.63) is 49.9 Å². The van der Waals surface area contributed by atoms with E-state index in [0.717, 1.165) is 23.5 Å². The molecule has 23 heavy (non-hydrogen) atoms. The molecule has 0 bridgehead atoms.